The van der Waals surface area contributed by atoms with Crippen LogP contribution in [0.4, 0.5) is 10.5 Å². The molecule has 2 rings (SSSR count). The Balaban J connectivity index is 2.32. The predicted molar refractivity (Wildman–Crippen MR) is 89.4 cm³/mol. The van der Waals surface area contributed by atoms with E-state index >= 15 is 0 Å². The molecule has 1 amide bonds. The van der Waals surface area contributed by atoms with Crippen LogP contribution in [0.25, 0.3) is 0 Å². The molecule has 23 heavy (non-hydrogen) atoms. The maximum atomic E-state index is 12.1. The molecule has 1 unspecified atom stereocenters. The average Bonchev–Trinajstić information content (AvgIpc) is 2.98. The molecule has 1 aromatic carbocycles. The van der Waals surface area contributed by atoms with Gasteiger partial charge in [-0.3, -0.25) is 5.32 Å². The fraction of sp³-hybridized carbons (Fsp3) is 0.588. The zero-order chi connectivity index (χ0) is 17.0. The average molecular weight is 322 g/mol. The van der Waals surface area contributed by atoms with E-state index in [1.54, 1.807) is 20.3 Å². The van der Waals surface area contributed by atoms with E-state index in [1.807, 2.05) is 26.8 Å². The third-order valence-electron chi connectivity index (χ3n) is 3.63. The zero-order valence-electron chi connectivity index (χ0n) is 14.5. The Morgan fingerprint density at radius 2 is 1.87 bits per heavy atom. The highest BCUT2D eigenvalue weighted by Crippen LogP contribution is 2.38. The summed E-state index contributed by atoms with van der Waals surface area (Å²) < 4.78 is 16.1. The first kappa shape index (κ1) is 17.4. The van der Waals surface area contributed by atoms with Crippen molar-refractivity contribution in [2.45, 2.75) is 45.3 Å². The summed E-state index contributed by atoms with van der Waals surface area (Å²) in [7, 11) is 3.17. The van der Waals surface area contributed by atoms with Crippen LogP contribution in [0.15, 0.2) is 12.1 Å². The van der Waals surface area contributed by atoms with Crippen LogP contribution in [-0.2, 0) is 4.74 Å². The van der Waals surface area contributed by atoms with Crippen molar-refractivity contribution in [3.63, 3.8) is 0 Å². The van der Waals surface area contributed by atoms with Crippen molar-refractivity contribution in [1.29, 1.82) is 0 Å². The van der Waals surface area contributed by atoms with Crippen molar-refractivity contribution in [3.05, 3.63) is 17.7 Å². The third kappa shape index (κ3) is 4.51. The van der Waals surface area contributed by atoms with Crippen molar-refractivity contribution in [2.24, 2.45) is 0 Å². The summed E-state index contributed by atoms with van der Waals surface area (Å²) in [5.41, 5.74) is 1.11. The quantitative estimate of drug-likeness (QED) is 0.888. The number of benzene rings is 1. The van der Waals surface area contributed by atoms with Gasteiger partial charge in [0.25, 0.3) is 0 Å². The molecule has 0 saturated carbocycles. The van der Waals surface area contributed by atoms with Crippen molar-refractivity contribution >= 4 is 11.8 Å². The van der Waals surface area contributed by atoms with Crippen LogP contribution in [0.2, 0.25) is 0 Å². The van der Waals surface area contributed by atoms with E-state index in [0.29, 0.717) is 17.2 Å². The lowest BCUT2D eigenvalue weighted by Gasteiger charge is -2.23. The lowest BCUT2D eigenvalue weighted by Crippen LogP contribution is -2.28. The highest BCUT2D eigenvalue weighted by molar-refractivity contribution is 5.87. The molecule has 1 aliphatic rings. The maximum Gasteiger partial charge on any atom is 0.412 e. The molecule has 128 valence electrons. The molecule has 6 nitrogen and oxygen atoms in total. The molecule has 0 radical (unpaired) electrons. The van der Waals surface area contributed by atoms with Gasteiger partial charge < -0.3 is 19.5 Å². The lowest BCUT2D eigenvalue weighted by atomic mass is 10.0. The molecule has 1 aliphatic heterocycles. The van der Waals surface area contributed by atoms with E-state index < -0.39 is 11.7 Å². The van der Waals surface area contributed by atoms with E-state index in [-0.39, 0.29) is 6.04 Å². The highest BCUT2D eigenvalue weighted by Gasteiger charge is 2.24. The van der Waals surface area contributed by atoms with Gasteiger partial charge in [0.1, 0.15) is 5.60 Å². The predicted octanol–water partition coefficient (Wildman–Crippen LogP) is 3.48. The molecule has 1 fully saturated rings. The van der Waals surface area contributed by atoms with Crippen LogP contribution in [-0.4, -0.2) is 32.5 Å². The molecular formula is C17H26N2O4. The van der Waals surface area contributed by atoms with Crippen LogP contribution in [0, 0.1) is 0 Å². The number of carbonyl (C=O) groups excluding carboxylic acids is 1. The van der Waals surface area contributed by atoms with Crippen LogP contribution in [0.3, 0.4) is 0 Å². The number of rotatable bonds is 4. The molecule has 1 aromatic rings. The Hall–Kier alpha value is -1.95. The largest absolute Gasteiger partial charge is 0.493 e. The van der Waals surface area contributed by atoms with Gasteiger partial charge >= 0.3 is 6.09 Å². The van der Waals surface area contributed by atoms with Gasteiger partial charge in [-0.15, -0.1) is 0 Å². The maximum absolute atomic E-state index is 12.1. The third-order valence-corrected chi connectivity index (χ3v) is 3.63. The SMILES string of the molecule is COc1cc(NC(=O)OC(C)(C)C)c(C2CCCN2)cc1OC. The number of methoxy groups -OCH3 is 2. The fourth-order valence-electron chi connectivity index (χ4n) is 2.65. The molecule has 0 spiro atoms. The summed E-state index contributed by atoms with van der Waals surface area (Å²) in [4.78, 5) is 12.1. The molecule has 0 aliphatic carbocycles. The van der Waals surface area contributed by atoms with Gasteiger partial charge in [0.15, 0.2) is 11.5 Å². The normalized spacial score (nSPS) is 17.7. The molecule has 0 aromatic heterocycles. The van der Waals surface area contributed by atoms with Crippen LogP contribution >= 0.6 is 0 Å². The Morgan fingerprint density at radius 3 is 2.39 bits per heavy atom. The Kier molecular flexibility index (Phi) is 5.36. The van der Waals surface area contributed by atoms with Crippen molar-refractivity contribution < 1.29 is 19.0 Å². The van der Waals surface area contributed by atoms with Gasteiger partial charge in [-0.25, -0.2) is 4.79 Å². The molecule has 2 N–H and O–H groups in total. The summed E-state index contributed by atoms with van der Waals surface area (Å²) in [5.74, 6) is 1.21. The Labute approximate surface area is 137 Å². The first-order chi connectivity index (χ1) is 10.8. The number of ether oxygens (including phenoxy) is 3. The van der Waals surface area contributed by atoms with E-state index in [0.717, 1.165) is 24.9 Å². The summed E-state index contributed by atoms with van der Waals surface area (Å²) in [6.07, 6.45) is 1.63. The van der Waals surface area contributed by atoms with E-state index in [4.69, 9.17) is 14.2 Å². The standard InChI is InChI=1S/C17H26N2O4/c1-17(2,3)23-16(20)19-13-10-15(22-5)14(21-4)9-11(13)12-7-6-8-18-12/h9-10,12,18H,6-8H2,1-5H3,(H,19,20). The molecule has 1 heterocycles. The minimum atomic E-state index is -0.549. The van der Waals surface area contributed by atoms with Crippen LogP contribution in [0.1, 0.15) is 45.2 Å². The van der Waals surface area contributed by atoms with Gasteiger partial charge in [-0.2, -0.15) is 0 Å². The smallest absolute Gasteiger partial charge is 0.412 e. The summed E-state index contributed by atoms with van der Waals surface area (Å²) >= 11 is 0. The molecular weight excluding hydrogens is 296 g/mol. The minimum absolute atomic E-state index is 0.180. The number of carbonyl (C=O) groups is 1. The molecule has 0 bridgehead atoms. The number of hydrogen-bond donors (Lipinski definition) is 2. The van der Waals surface area contributed by atoms with Crippen molar-refractivity contribution in [1.82, 2.24) is 5.32 Å². The second kappa shape index (κ2) is 7.08. The lowest BCUT2D eigenvalue weighted by molar-refractivity contribution is 0.0635. The van der Waals surface area contributed by atoms with Gasteiger partial charge in [0, 0.05) is 12.1 Å². The van der Waals surface area contributed by atoms with Crippen molar-refractivity contribution in [2.75, 3.05) is 26.1 Å². The van der Waals surface area contributed by atoms with Gasteiger partial charge in [-0.1, -0.05) is 0 Å². The molecule has 1 atom stereocenters. The first-order valence-electron chi connectivity index (χ1n) is 7.83. The Bertz CT molecular complexity index is 560. The summed E-state index contributed by atoms with van der Waals surface area (Å²) in [6.45, 7) is 6.47. The fourth-order valence-corrected chi connectivity index (χ4v) is 2.65. The second-order valence-corrected chi connectivity index (χ2v) is 6.57. The Morgan fingerprint density at radius 1 is 1.22 bits per heavy atom. The zero-order valence-corrected chi connectivity index (χ0v) is 14.5. The van der Waals surface area contributed by atoms with Crippen LogP contribution in [0.5, 0.6) is 11.5 Å². The summed E-state index contributed by atoms with van der Waals surface area (Å²) in [6, 6.07) is 3.87. The topological polar surface area (TPSA) is 68.8 Å². The number of hydrogen-bond acceptors (Lipinski definition) is 5. The first-order valence-corrected chi connectivity index (χ1v) is 7.83. The molecule has 6 heteroatoms. The number of anilines is 1. The van der Waals surface area contributed by atoms with Gasteiger partial charge in [0.05, 0.1) is 19.9 Å². The number of amides is 1. The van der Waals surface area contributed by atoms with Gasteiger partial charge in [0.2, 0.25) is 0 Å². The summed E-state index contributed by atoms with van der Waals surface area (Å²) in [5, 5.41) is 6.27. The number of nitrogens with one attached hydrogen (secondary N) is 2. The second-order valence-electron chi connectivity index (χ2n) is 6.57. The van der Waals surface area contributed by atoms with Crippen molar-refractivity contribution in [3.8, 4) is 11.5 Å². The van der Waals surface area contributed by atoms with E-state index in [9.17, 15) is 4.79 Å². The van der Waals surface area contributed by atoms with E-state index in [2.05, 4.69) is 10.6 Å². The van der Waals surface area contributed by atoms with E-state index in [1.165, 1.54) is 0 Å². The highest BCUT2D eigenvalue weighted by atomic mass is 16.6. The minimum Gasteiger partial charge on any atom is -0.493 e. The monoisotopic (exact) mass is 322 g/mol. The molecule has 1 saturated heterocycles. The van der Waals surface area contributed by atoms with Crippen LogP contribution < -0.4 is 20.1 Å². The van der Waals surface area contributed by atoms with Gasteiger partial charge in [-0.05, 0) is 51.8 Å².